The fraction of sp³-hybridized carbons (Fsp3) is 0.533. The second-order valence-corrected chi connectivity index (χ2v) is 5.11. The van der Waals surface area contributed by atoms with Gasteiger partial charge in [0.1, 0.15) is 5.54 Å². The van der Waals surface area contributed by atoms with E-state index in [1.165, 1.54) is 0 Å². The van der Waals surface area contributed by atoms with Crippen LogP contribution in [0.2, 0.25) is 0 Å². The third kappa shape index (κ3) is 2.91. The minimum atomic E-state index is -0.995. The molecule has 18 heavy (non-hydrogen) atoms. The Balaban J connectivity index is 3.14. The number of hydrogen-bond acceptors (Lipinski definition) is 2. The Labute approximate surface area is 109 Å². The topological polar surface area (TPSA) is 49.3 Å². The van der Waals surface area contributed by atoms with Crippen molar-refractivity contribution in [3.63, 3.8) is 0 Å². The summed E-state index contributed by atoms with van der Waals surface area (Å²) in [4.78, 5) is 11.7. The lowest BCUT2D eigenvalue weighted by atomic mass is 9.85. The molecule has 0 aliphatic heterocycles. The van der Waals surface area contributed by atoms with E-state index in [0.717, 1.165) is 5.56 Å². The summed E-state index contributed by atoms with van der Waals surface area (Å²) in [6.45, 7) is 8.11. The second-order valence-electron chi connectivity index (χ2n) is 5.11. The van der Waals surface area contributed by atoms with Crippen molar-refractivity contribution >= 4 is 5.97 Å². The summed E-state index contributed by atoms with van der Waals surface area (Å²) in [6, 6.07) is 9.54. The summed E-state index contributed by atoms with van der Waals surface area (Å²) < 4.78 is 0. The molecular formula is C15H23NO2. The van der Waals surface area contributed by atoms with Crippen molar-refractivity contribution in [1.82, 2.24) is 5.32 Å². The number of carboxylic acids is 1. The maximum atomic E-state index is 11.7. The van der Waals surface area contributed by atoms with Crippen LogP contribution in [0, 0.1) is 5.92 Å². The fourth-order valence-corrected chi connectivity index (χ4v) is 2.00. The van der Waals surface area contributed by atoms with Crippen molar-refractivity contribution < 1.29 is 9.90 Å². The van der Waals surface area contributed by atoms with E-state index in [0.29, 0.717) is 12.3 Å². The molecule has 1 aromatic rings. The molecule has 0 saturated heterocycles. The minimum Gasteiger partial charge on any atom is -0.480 e. The van der Waals surface area contributed by atoms with Crippen molar-refractivity contribution in [3.8, 4) is 0 Å². The molecule has 100 valence electrons. The van der Waals surface area contributed by atoms with Crippen molar-refractivity contribution in [1.29, 1.82) is 0 Å². The molecule has 0 aliphatic carbocycles. The van der Waals surface area contributed by atoms with Crippen LogP contribution < -0.4 is 5.32 Å². The van der Waals surface area contributed by atoms with Crippen LogP contribution in [0.4, 0.5) is 0 Å². The minimum absolute atomic E-state index is 0.140. The lowest BCUT2D eigenvalue weighted by molar-refractivity contribution is -0.146. The van der Waals surface area contributed by atoms with Crippen LogP contribution in [-0.2, 0) is 10.3 Å². The lowest BCUT2D eigenvalue weighted by Gasteiger charge is -2.34. The van der Waals surface area contributed by atoms with Crippen molar-refractivity contribution in [2.75, 3.05) is 0 Å². The van der Waals surface area contributed by atoms with Gasteiger partial charge in [0.15, 0.2) is 0 Å². The normalized spacial score (nSPS) is 16.3. The van der Waals surface area contributed by atoms with Crippen molar-refractivity contribution in [2.24, 2.45) is 5.92 Å². The van der Waals surface area contributed by atoms with Gasteiger partial charge in [-0.05, 0) is 24.8 Å². The highest BCUT2D eigenvalue weighted by Crippen LogP contribution is 2.27. The molecule has 3 heteroatoms. The number of hydrogen-bond donors (Lipinski definition) is 2. The zero-order chi connectivity index (χ0) is 13.8. The average molecular weight is 249 g/mol. The fourth-order valence-electron chi connectivity index (χ4n) is 2.00. The SMILES string of the molecule is CCC(NC(C)C(C)C)(C(=O)O)c1ccccc1. The van der Waals surface area contributed by atoms with Gasteiger partial charge in [-0.1, -0.05) is 51.1 Å². The molecule has 2 atom stereocenters. The smallest absolute Gasteiger partial charge is 0.328 e. The summed E-state index contributed by atoms with van der Waals surface area (Å²) >= 11 is 0. The van der Waals surface area contributed by atoms with E-state index in [2.05, 4.69) is 19.2 Å². The molecule has 0 aliphatic rings. The quantitative estimate of drug-likeness (QED) is 0.814. The van der Waals surface area contributed by atoms with Gasteiger partial charge in [0.2, 0.25) is 0 Å². The number of carboxylic acid groups (broad SMARTS) is 1. The van der Waals surface area contributed by atoms with Crippen LogP contribution in [0.15, 0.2) is 30.3 Å². The Bertz CT molecular complexity index is 389. The molecule has 0 bridgehead atoms. The molecule has 0 amide bonds. The van der Waals surface area contributed by atoms with Gasteiger partial charge in [0.25, 0.3) is 0 Å². The first-order chi connectivity index (χ1) is 8.44. The van der Waals surface area contributed by atoms with Gasteiger partial charge in [-0.3, -0.25) is 5.32 Å². The molecule has 0 radical (unpaired) electrons. The zero-order valence-electron chi connectivity index (χ0n) is 11.6. The third-order valence-corrected chi connectivity index (χ3v) is 3.64. The van der Waals surface area contributed by atoms with E-state index in [1.54, 1.807) is 0 Å². The van der Waals surface area contributed by atoms with Crippen LogP contribution in [0.5, 0.6) is 0 Å². The highest BCUT2D eigenvalue weighted by Gasteiger charge is 2.39. The molecule has 2 N–H and O–H groups in total. The Morgan fingerprint density at radius 1 is 1.28 bits per heavy atom. The first-order valence-electron chi connectivity index (χ1n) is 6.50. The Hall–Kier alpha value is -1.35. The van der Waals surface area contributed by atoms with E-state index in [1.807, 2.05) is 44.2 Å². The largest absolute Gasteiger partial charge is 0.480 e. The predicted molar refractivity (Wildman–Crippen MR) is 73.5 cm³/mol. The molecular weight excluding hydrogens is 226 g/mol. The van der Waals surface area contributed by atoms with Crippen LogP contribution in [0.3, 0.4) is 0 Å². The summed E-state index contributed by atoms with van der Waals surface area (Å²) in [5, 5.41) is 12.9. The summed E-state index contributed by atoms with van der Waals surface area (Å²) in [5.41, 5.74) is -0.183. The maximum absolute atomic E-state index is 11.7. The van der Waals surface area contributed by atoms with Crippen LogP contribution >= 0.6 is 0 Å². The van der Waals surface area contributed by atoms with Gasteiger partial charge < -0.3 is 5.11 Å². The van der Waals surface area contributed by atoms with Gasteiger partial charge in [-0.25, -0.2) is 4.79 Å². The molecule has 1 aromatic carbocycles. The van der Waals surface area contributed by atoms with Crippen LogP contribution in [0.25, 0.3) is 0 Å². The molecule has 0 saturated carbocycles. The average Bonchev–Trinajstić information content (AvgIpc) is 2.36. The standard InChI is InChI=1S/C15H23NO2/c1-5-15(14(17)18,16-12(4)11(2)3)13-9-7-6-8-10-13/h6-12,16H,5H2,1-4H3,(H,17,18). The molecule has 0 spiro atoms. The number of aliphatic carboxylic acids is 1. The highest BCUT2D eigenvalue weighted by atomic mass is 16.4. The van der Waals surface area contributed by atoms with E-state index in [4.69, 9.17) is 0 Å². The summed E-state index contributed by atoms with van der Waals surface area (Å²) in [7, 11) is 0. The molecule has 0 fully saturated rings. The first kappa shape index (κ1) is 14.7. The lowest BCUT2D eigenvalue weighted by Crippen LogP contribution is -2.53. The number of benzene rings is 1. The monoisotopic (exact) mass is 249 g/mol. The van der Waals surface area contributed by atoms with Gasteiger partial charge in [0, 0.05) is 6.04 Å². The van der Waals surface area contributed by atoms with E-state index < -0.39 is 11.5 Å². The van der Waals surface area contributed by atoms with Crippen LogP contribution in [-0.4, -0.2) is 17.1 Å². The Morgan fingerprint density at radius 2 is 1.83 bits per heavy atom. The summed E-state index contributed by atoms with van der Waals surface area (Å²) in [6.07, 6.45) is 0.517. The Kier molecular flexibility index (Phi) is 4.91. The number of nitrogens with one attached hydrogen (secondary N) is 1. The Morgan fingerprint density at radius 3 is 2.22 bits per heavy atom. The van der Waals surface area contributed by atoms with E-state index in [9.17, 15) is 9.90 Å². The van der Waals surface area contributed by atoms with Gasteiger partial charge in [-0.15, -0.1) is 0 Å². The number of carbonyl (C=O) groups is 1. The maximum Gasteiger partial charge on any atom is 0.328 e. The van der Waals surface area contributed by atoms with Gasteiger partial charge in [-0.2, -0.15) is 0 Å². The summed E-state index contributed by atoms with van der Waals surface area (Å²) in [5.74, 6) is -0.428. The second kappa shape index (κ2) is 6.01. The molecule has 1 rings (SSSR count). The third-order valence-electron chi connectivity index (χ3n) is 3.64. The molecule has 2 unspecified atom stereocenters. The van der Waals surface area contributed by atoms with Crippen molar-refractivity contribution in [3.05, 3.63) is 35.9 Å². The highest BCUT2D eigenvalue weighted by molar-refractivity contribution is 5.80. The van der Waals surface area contributed by atoms with Crippen molar-refractivity contribution in [2.45, 2.75) is 45.7 Å². The molecule has 0 aromatic heterocycles. The predicted octanol–water partition coefficient (Wildman–Crippen LogP) is 3.01. The number of rotatable bonds is 6. The molecule has 3 nitrogen and oxygen atoms in total. The van der Waals surface area contributed by atoms with Gasteiger partial charge >= 0.3 is 5.97 Å². The van der Waals surface area contributed by atoms with E-state index in [-0.39, 0.29) is 6.04 Å². The van der Waals surface area contributed by atoms with Gasteiger partial charge in [0.05, 0.1) is 0 Å². The first-order valence-corrected chi connectivity index (χ1v) is 6.50. The zero-order valence-corrected chi connectivity index (χ0v) is 11.6. The van der Waals surface area contributed by atoms with Crippen LogP contribution in [0.1, 0.15) is 39.7 Å². The van der Waals surface area contributed by atoms with E-state index >= 15 is 0 Å². The molecule has 0 heterocycles.